The van der Waals surface area contributed by atoms with Crippen molar-refractivity contribution in [2.75, 3.05) is 47.4 Å². The highest BCUT2D eigenvalue weighted by atomic mass is 16.4. The standard InChI is InChI=1S/C33H39N5O3/c1-6-35(7-2)25-15-19-28(20-16-25)38(29-21-17-26(18-22-29)36(8-3)9-4)27-13-11-24(12-14-27)23-30-31(33(40)41)34-37(10-5)32(30)39/h11-23H,6-10H2,1-5H3,(H,40,41)/b30-23-. The second-order valence-electron chi connectivity index (χ2n) is 9.64. The topological polar surface area (TPSA) is 79.7 Å². The zero-order chi connectivity index (χ0) is 29.5. The molecule has 0 fully saturated rings. The Hall–Kier alpha value is -4.59. The van der Waals surface area contributed by atoms with E-state index in [9.17, 15) is 14.7 Å². The van der Waals surface area contributed by atoms with Gasteiger partial charge in [-0.2, -0.15) is 5.10 Å². The van der Waals surface area contributed by atoms with E-state index in [1.165, 1.54) is 16.4 Å². The molecule has 0 atom stereocenters. The average Bonchev–Trinajstić information content (AvgIpc) is 3.32. The summed E-state index contributed by atoms with van der Waals surface area (Å²) in [4.78, 5) is 31.2. The van der Waals surface area contributed by atoms with Crippen molar-refractivity contribution >= 4 is 52.1 Å². The average molecular weight is 554 g/mol. The van der Waals surface area contributed by atoms with Crippen molar-refractivity contribution in [3.05, 3.63) is 83.9 Å². The highest BCUT2D eigenvalue weighted by molar-refractivity contribution is 6.51. The van der Waals surface area contributed by atoms with Crippen LogP contribution in [0.4, 0.5) is 28.4 Å². The molecule has 1 N–H and O–H groups in total. The first kappa shape index (κ1) is 29.4. The van der Waals surface area contributed by atoms with Gasteiger partial charge in [0.25, 0.3) is 5.91 Å². The quantitative estimate of drug-likeness (QED) is 0.257. The van der Waals surface area contributed by atoms with Gasteiger partial charge >= 0.3 is 5.97 Å². The molecular formula is C33H39N5O3. The van der Waals surface area contributed by atoms with E-state index in [1.807, 2.05) is 24.3 Å². The molecular weight excluding hydrogens is 514 g/mol. The molecule has 1 heterocycles. The molecule has 3 aromatic rings. The molecule has 1 amide bonds. The van der Waals surface area contributed by atoms with Crippen molar-refractivity contribution in [1.29, 1.82) is 0 Å². The van der Waals surface area contributed by atoms with E-state index in [-0.39, 0.29) is 11.3 Å². The van der Waals surface area contributed by atoms with Crippen LogP contribution < -0.4 is 14.7 Å². The maximum absolute atomic E-state index is 12.7. The lowest BCUT2D eigenvalue weighted by molar-refractivity contribution is -0.129. The Morgan fingerprint density at radius 2 is 1.10 bits per heavy atom. The summed E-state index contributed by atoms with van der Waals surface area (Å²) in [6, 6.07) is 24.9. The van der Waals surface area contributed by atoms with Crippen LogP contribution in [0.1, 0.15) is 40.2 Å². The lowest BCUT2D eigenvalue weighted by Gasteiger charge is -2.28. The number of likely N-dealkylation sites (N-methyl/N-ethyl adjacent to an activating group) is 1. The van der Waals surface area contributed by atoms with Crippen molar-refractivity contribution in [2.24, 2.45) is 5.10 Å². The molecule has 41 heavy (non-hydrogen) atoms. The van der Waals surface area contributed by atoms with Crippen LogP contribution in [0.15, 0.2) is 83.5 Å². The van der Waals surface area contributed by atoms with Crippen molar-refractivity contribution in [3.8, 4) is 0 Å². The summed E-state index contributed by atoms with van der Waals surface area (Å²) in [6.45, 7) is 14.4. The number of hydrogen-bond acceptors (Lipinski definition) is 6. The van der Waals surface area contributed by atoms with E-state index in [0.29, 0.717) is 6.54 Å². The molecule has 0 saturated carbocycles. The monoisotopic (exact) mass is 553 g/mol. The Labute approximate surface area is 242 Å². The Morgan fingerprint density at radius 3 is 1.46 bits per heavy atom. The summed E-state index contributed by atoms with van der Waals surface area (Å²) >= 11 is 0. The molecule has 4 rings (SSSR count). The molecule has 0 spiro atoms. The van der Waals surface area contributed by atoms with Gasteiger partial charge in [0.2, 0.25) is 0 Å². The zero-order valence-electron chi connectivity index (χ0n) is 24.5. The largest absolute Gasteiger partial charge is 0.476 e. The molecule has 0 saturated heterocycles. The number of rotatable bonds is 12. The van der Waals surface area contributed by atoms with Gasteiger partial charge in [-0.05, 0) is 107 Å². The van der Waals surface area contributed by atoms with E-state index in [0.717, 1.165) is 48.8 Å². The summed E-state index contributed by atoms with van der Waals surface area (Å²) in [5.74, 6) is -1.62. The Kier molecular flexibility index (Phi) is 9.45. The third-order valence-electron chi connectivity index (χ3n) is 7.38. The molecule has 1 aliphatic heterocycles. The predicted molar refractivity (Wildman–Crippen MR) is 169 cm³/mol. The van der Waals surface area contributed by atoms with Crippen LogP contribution in [0.3, 0.4) is 0 Å². The summed E-state index contributed by atoms with van der Waals surface area (Å²) < 4.78 is 0. The molecule has 0 bridgehead atoms. The number of aliphatic carboxylic acids is 1. The Bertz CT molecular complexity index is 1350. The number of hydrogen-bond donors (Lipinski definition) is 1. The highest BCUT2D eigenvalue weighted by Gasteiger charge is 2.33. The van der Waals surface area contributed by atoms with Crippen LogP contribution in [-0.4, -0.2) is 60.4 Å². The number of carbonyl (C=O) groups excluding carboxylic acids is 1. The Morgan fingerprint density at radius 1 is 0.707 bits per heavy atom. The number of benzene rings is 3. The van der Waals surface area contributed by atoms with Crippen molar-refractivity contribution in [3.63, 3.8) is 0 Å². The van der Waals surface area contributed by atoms with Crippen LogP contribution in [0.5, 0.6) is 0 Å². The van der Waals surface area contributed by atoms with Crippen molar-refractivity contribution in [2.45, 2.75) is 34.6 Å². The lowest BCUT2D eigenvalue weighted by atomic mass is 10.1. The van der Waals surface area contributed by atoms with E-state index in [2.05, 4.69) is 96.0 Å². The number of amides is 1. The summed E-state index contributed by atoms with van der Waals surface area (Å²) in [5, 5.41) is 14.7. The summed E-state index contributed by atoms with van der Waals surface area (Å²) in [6.07, 6.45) is 1.59. The predicted octanol–water partition coefficient (Wildman–Crippen LogP) is 6.53. The van der Waals surface area contributed by atoms with E-state index >= 15 is 0 Å². The van der Waals surface area contributed by atoms with Crippen LogP contribution in [-0.2, 0) is 9.59 Å². The molecule has 0 unspecified atom stereocenters. The molecule has 214 valence electrons. The number of carbonyl (C=O) groups is 2. The minimum Gasteiger partial charge on any atom is -0.476 e. The first-order valence-corrected chi connectivity index (χ1v) is 14.3. The molecule has 0 radical (unpaired) electrons. The van der Waals surface area contributed by atoms with E-state index in [1.54, 1.807) is 13.0 Å². The minimum absolute atomic E-state index is 0.0861. The maximum Gasteiger partial charge on any atom is 0.357 e. The van der Waals surface area contributed by atoms with Gasteiger partial charge in [0.05, 0.1) is 5.57 Å². The second kappa shape index (κ2) is 13.2. The third-order valence-corrected chi connectivity index (χ3v) is 7.38. The van der Waals surface area contributed by atoms with Crippen molar-refractivity contribution in [1.82, 2.24) is 5.01 Å². The van der Waals surface area contributed by atoms with E-state index < -0.39 is 11.9 Å². The normalized spacial score (nSPS) is 13.9. The first-order valence-electron chi connectivity index (χ1n) is 14.3. The Balaban J connectivity index is 1.72. The van der Waals surface area contributed by atoms with Gasteiger partial charge in [0.15, 0.2) is 5.71 Å². The lowest BCUT2D eigenvalue weighted by Crippen LogP contribution is -2.22. The van der Waals surface area contributed by atoms with E-state index in [4.69, 9.17) is 0 Å². The van der Waals surface area contributed by atoms with Gasteiger partial charge < -0.3 is 19.8 Å². The fourth-order valence-corrected chi connectivity index (χ4v) is 5.10. The maximum atomic E-state index is 12.7. The van der Waals surface area contributed by atoms with Gasteiger partial charge in [0, 0.05) is 61.2 Å². The fraction of sp³-hybridized carbons (Fsp3) is 0.303. The summed E-state index contributed by atoms with van der Waals surface area (Å²) in [7, 11) is 0. The number of anilines is 5. The summed E-state index contributed by atoms with van der Waals surface area (Å²) in [5.41, 5.74) is 5.91. The number of carboxylic acid groups (broad SMARTS) is 1. The SMILES string of the molecule is CCN1N=C(C(=O)O)/C(=C/c2ccc(N(c3ccc(N(CC)CC)cc3)c3ccc(N(CC)CC)cc3)cc2)C1=O. The number of nitrogens with zero attached hydrogens (tertiary/aromatic N) is 5. The van der Waals surface area contributed by atoms with Gasteiger partial charge in [-0.3, -0.25) is 4.79 Å². The first-order chi connectivity index (χ1) is 19.8. The smallest absolute Gasteiger partial charge is 0.357 e. The van der Waals surface area contributed by atoms with Gasteiger partial charge in [-0.1, -0.05) is 12.1 Å². The minimum atomic E-state index is -1.22. The molecule has 1 aliphatic rings. The van der Waals surface area contributed by atoms with Crippen LogP contribution in [0.2, 0.25) is 0 Å². The van der Waals surface area contributed by atoms with Crippen LogP contribution in [0, 0.1) is 0 Å². The number of hydrazone groups is 1. The molecule has 8 heteroatoms. The number of carboxylic acids is 1. The van der Waals surface area contributed by atoms with Gasteiger partial charge in [0.1, 0.15) is 0 Å². The molecule has 8 nitrogen and oxygen atoms in total. The fourth-order valence-electron chi connectivity index (χ4n) is 5.10. The van der Waals surface area contributed by atoms with Gasteiger partial charge in [-0.15, -0.1) is 0 Å². The molecule has 3 aromatic carbocycles. The molecule has 0 aliphatic carbocycles. The molecule has 0 aromatic heterocycles. The third kappa shape index (κ3) is 6.27. The van der Waals surface area contributed by atoms with Crippen LogP contribution >= 0.6 is 0 Å². The van der Waals surface area contributed by atoms with Crippen molar-refractivity contribution < 1.29 is 14.7 Å². The second-order valence-corrected chi connectivity index (χ2v) is 9.64. The highest BCUT2D eigenvalue weighted by Crippen LogP contribution is 2.36. The zero-order valence-corrected chi connectivity index (χ0v) is 24.5. The van der Waals surface area contributed by atoms with Gasteiger partial charge in [-0.25, -0.2) is 9.80 Å². The van der Waals surface area contributed by atoms with Crippen LogP contribution in [0.25, 0.3) is 6.08 Å².